The lowest BCUT2D eigenvalue weighted by molar-refractivity contribution is -0.145. The largest absolute Gasteiger partial charge is 0.469 e. The number of thiazole rings is 1. The van der Waals surface area contributed by atoms with Gasteiger partial charge in [-0.25, -0.2) is 0 Å². The van der Waals surface area contributed by atoms with E-state index in [4.69, 9.17) is 9.15 Å². The van der Waals surface area contributed by atoms with Crippen molar-refractivity contribution < 1.29 is 13.9 Å². The Morgan fingerprint density at radius 1 is 1.58 bits per heavy atom. The molecule has 0 aliphatic carbocycles. The van der Waals surface area contributed by atoms with Gasteiger partial charge in [0.25, 0.3) is 0 Å². The number of H-pyrrole nitrogens is 1. The zero-order valence-electron chi connectivity index (χ0n) is 10.0. The predicted octanol–water partition coefficient (Wildman–Crippen LogP) is 2.06. The number of fused-ring (bicyclic) bond motifs is 1. The lowest BCUT2D eigenvalue weighted by Crippen LogP contribution is -2.28. The highest BCUT2D eigenvalue weighted by Crippen LogP contribution is 2.45. The first-order chi connectivity index (χ1) is 9.20. The Balaban J connectivity index is 2.10. The third kappa shape index (κ3) is 2.12. The molecule has 3 heterocycles. The van der Waals surface area contributed by atoms with Gasteiger partial charge >= 0.3 is 10.8 Å². The number of carbonyl (C=O) groups excluding carboxylic acids is 1. The molecule has 0 saturated carbocycles. The molecule has 5 nitrogen and oxygen atoms in total. The van der Waals surface area contributed by atoms with Crippen LogP contribution in [0, 0.1) is 5.92 Å². The summed E-state index contributed by atoms with van der Waals surface area (Å²) in [6, 6.07) is 3.60. The van der Waals surface area contributed by atoms with Crippen LogP contribution in [0.4, 0.5) is 0 Å². The van der Waals surface area contributed by atoms with Crippen LogP contribution < -0.4 is 4.87 Å². The van der Waals surface area contributed by atoms with Crippen LogP contribution >= 0.6 is 23.1 Å². The fourth-order valence-corrected chi connectivity index (χ4v) is 4.62. The molecule has 0 spiro atoms. The zero-order chi connectivity index (χ0) is 13.4. The summed E-state index contributed by atoms with van der Waals surface area (Å²) in [5.41, 5.74) is 0. The number of ether oxygens (including phenoxy) is 1. The molecule has 0 amide bonds. The molecule has 1 N–H and O–H groups in total. The molecule has 0 radical (unpaired) electrons. The summed E-state index contributed by atoms with van der Waals surface area (Å²) in [6.45, 7) is 0. The van der Waals surface area contributed by atoms with Crippen LogP contribution in [-0.4, -0.2) is 23.8 Å². The molecule has 0 saturated heterocycles. The van der Waals surface area contributed by atoms with Crippen molar-refractivity contribution in [2.45, 2.75) is 10.9 Å². The SMILES string of the molecule is COC(=O)C1CSc2[nH]c(=O)sc2C1c1ccco1. The highest BCUT2D eigenvalue weighted by molar-refractivity contribution is 7.99. The molecule has 1 aliphatic heterocycles. The number of thioether (sulfide) groups is 1. The van der Waals surface area contributed by atoms with Gasteiger partial charge in [-0.15, -0.1) is 11.8 Å². The highest BCUT2D eigenvalue weighted by atomic mass is 32.2. The van der Waals surface area contributed by atoms with Crippen LogP contribution in [0.3, 0.4) is 0 Å². The van der Waals surface area contributed by atoms with Crippen molar-refractivity contribution in [2.24, 2.45) is 5.92 Å². The summed E-state index contributed by atoms with van der Waals surface area (Å²) < 4.78 is 10.3. The van der Waals surface area contributed by atoms with Gasteiger partial charge in [-0.1, -0.05) is 11.3 Å². The van der Waals surface area contributed by atoms with E-state index in [0.717, 1.165) is 21.2 Å². The van der Waals surface area contributed by atoms with Crippen LogP contribution in [-0.2, 0) is 9.53 Å². The number of nitrogens with one attached hydrogen (secondary N) is 1. The summed E-state index contributed by atoms with van der Waals surface area (Å²) in [6.07, 6.45) is 1.57. The van der Waals surface area contributed by atoms with E-state index in [1.165, 1.54) is 18.9 Å². The first kappa shape index (κ1) is 12.6. The van der Waals surface area contributed by atoms with E-state index in [-0.39, 0.29) is 22.7 Å². The molecule has 2 aromatic rings. The molecule has 0 bridgehead atoms. The number of carbonyl (C=O) groups is 1. The van der Waals surface area contributed by atoms with Crippen molar-refractivity contribution in [3.63, 3.8) is 0 Å². The second-order valence-electron chi connectivity index (χ2n) is 4.14. The Hall–Kier alpha value is -1.47. The lowest BCUT2D eigenvalue weighted by Gasteiger charge is -2.26. The maximum atomic E-state index is 11.9. The normalized spacial score (nSPS) is 21.9. The molecule has 1 aliphatic rings. The predicted molar refractivity (Wildman–Crippen MR) is 71.7 cm³/mol. The quantitative estimate of drug-likeness (QED) is 0.859. The molecule has 7 heteroatoms. The first-order valence-electron chi connectivity index (χ1n) is 5.67. The number of hydrogen-bond acceptors (Lipinski definition) is 6. The van der Waals surface area contributed by atoms with E-state index in [2.05, 4.69) is 4.98 Å². The molecule has 0 aromatic carbocycles. The van der Waals surface area contributed by atoms with E-state index in [1.807, 2.05) is 6.07 Å². The van der Waals surface area contributed by atoms with Crippen molar-refractivity contribution in [3.05, 3.63) is 38.7 Å². The maximum absolute atomic E-state index is 11.9. The standard InChI is InChI=1S/C12H11NO4S2/c1-16-11(14)6-5-18-10-9(19-12(15)13-10)8(6)7-3-2-4-17-7/h2-4,6,8H,5H2,1H3,(H,13,15). The van der Waals surface area contributed by atoms with Crippen molar-refractivity contribution in [3.8, 4) is 0 Å². The smallest absolute Gasteiger partial charge is 0.310 e. The zero-order valence-corrected chi connectivity index (χ0v) is 11.7. The molecule has 100 valence electrons. The Morgan fingerprint density at radius 2 is 2.42 bits per heavy atom. The average Bonchev–Trinajstić information content (AvgIpc) is 3.04. The molecule has 2 aromatic heterocycles. The van der Waals surface area contributed by atoms with Crippen molar-refractivity contribution in [1.82, 2.24) is 4.98 Å². The van der Waals surface area contributed by atoms with Gasteiger partial charge in [0.1, 0.15) is 5.76 Å². The van der Waals surface area contributed by atoms with Gasteiger partial charge in [0, 0.05) is 5.75 Å². The van der Waals surface area contributed by atoms with Gasteiger partial charge in [0.2, 0.25) is 0 Å². The molecule has 2 unspecified atom stereocenters. The molecule has 3 rings (SSSR count). The number of esters is 1. The average molecular weight is 297 g/mol. The van der Waals surface area contributed by atoms with Gasteiger partial charge in [-0.2, -0.15) is 0 Å². The molecule has 2 atom stereocenters. The number of aromatic nitrogens is 1. The van der Waals surface area contributed by atoms with Gasteiger partial charge in [-0.05, 0) is 12.1 Å². The summed E-state index contributed by atoms with van der Waals surface area (Å²) in [7, 11) is 1.38. The van der Waals surface area contributed by atoms with Crippen LogP contribution in [0.5, 0.6) is 0 Å². The minimum absolute atomic E-state index is 0.112. The van der Waals surface area contributed by atoms with Crippen molar-refractivity contribution in [2.75, 3.05) is 12.9 Å². The summed E-state index contributed by atoms with van der Waals surface area (Å²) >= 11 is 2.60. The fourth-order valence-electron chi connectivity index (χ4n) is 2.24. The Bertz CT molecular complexity index is 643. The minimum Gasteiger partial charge on any atom is -0.469 e. The number of methoxy groups -OCH3 is 1. The Labute approximate surface area is 117 Å². The van der Waals surface area contributed by atoms with Gasteiger partial charge in [-0.3, -0.25) is 9.59 Å². The number of hydrogen-bond donors (Lipinski definition) is 1. The van der Waals surface area contributed by atoms with Crippen LogP contribution in [0.15, 0.2) is 32.6 Å². The fraction of sp³-hybridized carbons (Fsp3) is 0.333. The second kappa shape index (κ2) is 4.90. The van der Waals surface area contributed by atoms with Crippen LogP contribution in [0.25, 0.3) is 0 Å². The maximum Gasteiger partial charge on any atom is 0.310 e. The summed E-state index contributed by atoms with van der Waals surface area (Å²) in [5, 5.41) is 0.830. The van der Waals surface area contributed by atoms with Crippen LogP contribution in [0.1, 0.15) is 16.6 Å². The van der Waals surface area contributed by atoms with E-state index in [9.17, 15) is 9.59 Å². The molecule has 19 heavy (non-hydrogen) atoms. The minimum atomic E-state index is -0.333. The van der Waals surface area contributed by atoms with E-state index >= 15 is 0 Å². The molecule has 0 fully saturated rings. The van der Waals surface area contributed by atoms with Gasteiger partial charge in [0.15, 0.2) is 0 Å². The number of aromatic amines is 1. The van der Waals surface area contributed by atoms with Gasteiger partial charge < -0.3 is 14.1 Å². The molecular formula is C12H11NO4S2. The topological polar surface area (TPSA) is 72.3 Å². The number of furan rings is 1. The van der Waals surface area contributed by atoms with E-state index < -0.39 is 0 Å². The van der Waals surface area contributed by atoms with Crippen molar-refractivity contribution >= 4 is 29.1 Å². The van der Waals surface area contributed by atoms with Gasteiger partial charge in [0.05, 0.1) is 35.1 Å². The summed E-state index contributed by atoms with van der Waals surface area (Å²) in [4.78, 5) is 27.0. The Kier molecular flexibility index (Phi) is 3.24. The number of rotatable bonds is 2. The Morgan fingerprint density at radius 3 is 3.11 bits per heavy atom. The first-order valence-corrected chi connectivity index (χ1v) is 7.48. The highest BCUT2D eigenvalue weighted by Gasteiger charge is 2.40. The monoisotopic (exact) mass is 297 g/mol. The second-order valence-corrected chi connectivity index (χ2v) is 6.19. The van der Waals surface area contributed by atoms with Crippen molar-refractivity contribution in [1.29, 1.82) is 0 Å². The lowest BCUT2D eigenvalue weighted by atomic mass is 9.90. The summed E-state index contributed by atoms with van der Waals surface area (Å²) in [5.74, 6) is 0.396. The third-order valence-electron chi connectivity index (χ3n) is 3.09. The van der Waals surface area contributed by atoms with E-state index in [1.54, 1.807) is 12.3 Å². The third-order valence-corrected chi connectivity index (χ3v) is 5.32. The molecular weight excluding hydrogens is 286 g/mol. The van der Waals surface area contributed by atoms with E-state index in [0.29, 0.717) is 11.5 Å². The van der Waals surface area contributed by atoms with Crippen LogP contribution in [0.2, 0.25) is 0 Å².